The lowest BCUT2D eigenvalue weighted by molar-refractivity contribution is -0.141. The maximum absolute atomic E-state index is 14.0. The number of halogens is 4. The number of benzene rings is 2. The van der Waals surface area contributed by atoms with Crippen molar-refractivity contribution in [1.29, 1.82) is 0 Å². The molecule has 1 aromatic heterocycles. The van der Waals surface area contributed by atoms with Gasteiger partial charge in [0.2, 0.25) is 5.91 Å². The predicted octanol–water partition coefficient (Wildman–Crippen LogP) is 5.78. The van der Waals surface area contributed by atoms with Gasteiger partial charge in [0.1, 0.15) is 17.6 Å². The maximum atomic E-state index is 14.0. The van der Waals surface area contributed by atoms with Gasteiger partial charge in [0.15, 0.2) is 0 Å². The molecule has 2 aromatic carbocycles. The van der Waals surface area contributed by atoms with Crippen LogP contribution in [0.1, 0.15) is 40.4 Å². The van der Waals surface area contributed by atoms with E-state index < -0.39 is 17.9 Å². The van der Waals surface area contributed by atoms with Gasteiger partial charge in [0, 0.05) is 25.5 Å². The van der Waals surface area contributed by atoms with Gasteiger partial charge >= 0.3 is 6.18 Å². The number of nitrogens with one attached hydrogen (secondary N) is 1. The lowest BCUT2D eigenvalue weighted by atomic mass is 10.0. The zero-order chi connectivity index (χ0) is 24.9. The van der Waals surface area contributed by atoms with Gasteiger partial charge in [-0.2, -0.15) is 13.2 Å². The molecule has 34 heavy (non-hydrogen) atoms. The Balaban J connectivity index is 1.89. The molecule has 0 unspecified atom stereocenters. The summed E-state index contributed by atoms with van der Waals surface area (Å²) in [5.41, 5.74) is 2.70. The van der Waals surface area contributed by atoms with Crippen LogP contribution in [-0.4, -0.2) is 24.5 Å². The van der Waals surface area contributed by atoms with Crippen LogP contribution < -0.4 is 10.2 Å². The van der Waals surface area contributed by atoms with Crippen LogP contribution in [0.15, 0.2) is 60.8 Å². The summed E-state index contributed by atoms with van der Waals surface area (Å²) >= 11 is 0. The molecule has 0 radical (unpaired) electrons. The molecule has 0 bridgehead atoms. The Bertz CT molecular complexity index is 1110. The lowest BCUT2D eigenvalue weighted by Crippen LogP contribution is -2.40. The monoisotopic (exact) mass is 473 g/mol. The number of pyridine rings is 1. The Morgan fingerprint density at radius 1 is 1.06 bits per heavy atom. The van der Waals surface area contributed by atoms with Crippen LogP contribution in [0.2, 0.25) is 0 Å². The summed E-state index contributed by atoms with van der Waals surface area (Å²) in [6.45, 7) is 4.03. The van der Waals surface area contributed by atoms with Gasteiger partial charge in [0.25, 0.3) is 0 Å². The average molecular weight is 474 g/mol. The SMILES string of the molecule is CNC(=O)[C@@H](c1ccc(C)cc1)N(CCCc1ccc(C(F)(F)F)nc1)c1ccc(F)c(C)c1. The minimum absolute atomic E-state index is 0.220. The van der Waals surface area contributed by atoms with Crippen molar-refractivity contribution in [3.05, 3.63) is 94.6 Å². The van der Waals surface area contributed by atoms with E-state index in [1.165, 1.54) is 18.3 Å². The van der Waals surface area contributed by atoms with Crippen LogP contribution >= 0.6 is 0 Å². The second-order valence-electron chi connectivity index (χ2n) is 8.21. The van der Waals surface area contributed by atoms with Crippen molar-refractivity contribution in [2.45, 2.75) is 38.9 Å². The van der Waals surface area contributed by atoms with Crippen molar-refractivity contribution >= 4 is 11.6 Å². The van der Waals surface area contributed by atoms with E-state index in [-0.39, 0.29) is 11.7 Å². The Kier molecular flexibility index (Phi) is 7.91. The minimum Gasteiger partial charge on any atom is -0.357 e. The van der Waals surface area contributed by atoms with Gasteiger partial charge in [-0.1, -0.05) is 35.9 Å². The Morgan fingerprint density at radius 3 is 2.32 bits per heavy atom. The molecule has 0 spiro atoms. The Morgan fingerprint density at radius 2 is 1.76 bits per heavy atom. The third-order valence-electron chi connectivity index (χ3n) is 5.65. The highest BCUT2D eigenvalue weighted by molar-refractivity contribution is 5.86. The number of nitrogens with zero attached hydrogens (tertiary/aromatic N) is 2. The van der Waals surface area contributed by atoms with E-state index in [1.54, 1.807) is 26.1 Å². The summed E-state index contributed by atoms with van der Waals surface area (Å²) < 4.78 is 52.3. The Hall–Kier alpha value is -3.42. The molecular formula is C26H27F4N3O. The molecule has 0 fully saturated rings. The van der Waals surface area contributed by atoms with Gasteiger partial charge < -0.3 is 10.2 Å². The number of hydrogen-bond acceptors (Lipinski definition) is 3. The van der Waals surface area contributed by atoms with Gasteiger partial charge in [-0.3, -0.25) is 9.78 Å². The topological polar surface area (TPSA) is 45.2 Å². The minimum atomic E-state index is -4.48. The predicted molar refractivity (Wildman–Crippen MR) is 124 cm³/mol. The average Bonchev–Trinajstić information content (AvgIpc) is 2.81. The van der Waals surface area contributed by atoms with Gasteiger partial charge in [-0.05, 0) is 67.6 Å². The first-order valence-corrected chi connectivity index (χ1v) is 10.9. The molecule has 0 aliphatic rings. The molecule has 3 aromatic rings. The summed E-state index contributed by atoms with van der Waals surface area (Å²) in [4.78, 5) is 18.4. The van der Waals surface area contributed by atoms with Crippen molar-refractivity contribution in [2.75, 3.05) is 18.5 Å². The largest absolute Gasteiger partial charge is 0.433 e. The van der Waals surface area contributed by atoms with Crippen LogP contribution in [0.25, 0.3) is 0 Å². The number of likely N-dealkylation sites (N-methyl/N-ethyl adjacent to an activating group) is 1. The van der Waals surface area contributed by atoms with Crippen LogP contribution in [0.3, 0.4) is 0 Å². The van der Waals surface area contributed by atoms with Crippen LogP contribution in [0.5, 0.6) is 0 Å². The van der Waals surface area contributed by atoms with Crippen molar-refractivity contribution in [3.63, 3.8) is 0 Å². The molecule has 1 heterocycles. The number of carbonyl (C=O) groups excluding carboxylic acids is 1. The molecule has 1 atom stereocenters. The molecule has 0 saturated carbocycles. The molecular weight excluding hydrogens is 446 g/mol. The first-order valence-electron chi connectivity index (χ1n) is 10.9. The quantitative estimate of drug-likeness (QED) is 0.422. The number of alkyl halides is 3. The Labute approximate surface area is 196 Å². The summed E-state index contributed by atoms with van der Waals surface area (Å²) in [5.74, 6) is -0.562. The van der Waals surface area contributed by atoms with E-state index in [0.29, 0.717) is 36.2 Å². The molecule has 3 rings (SSSR count). The molecule has 8 heteroatoms. The fraction of sp³-hybridized carbons (Fsp3) is 0.308. The number of rotatable bonds is 8. The fourth-order valence-electron chi connectivity index (χ4n) is 3.77. The van der Waals surface area contributed by atoms with Crippen LogP contribution in [0, 0.1) is 19.7 Å². The second-order valence-corrected chi connectivity index (χ2v) is 8.21. The van der Waals surface area contributed by atoms with E-state index in [4.69, 9.17) is 0 Å². The highest BCUT2D eigenvalue weighted by atomic mass is 19.4. The van der Waals surface area contributed by atoms with E-state index in [2.05, 4.69) is 10.3 Å². The number of aryl methyl sites for hydroxylation is 3. The van der Waals surface area contributed by atoms with Crippen molar-refractivity contribution in [2.24, 2.45) is 0 Å². The number of carbonyl (C=O) groups is 1. The van der Waals surface area contributed by atoms with E-state index in [0.717, 1.165) is 17.2 Å². The highest BCUT2D eigenvalue weighted by Crippen LogP contribution is 2.30. The summed E-state index contributed by atoms with van der Waals surface area (Å²) in [7, 11) is 1.56. The highest BCUT2D eigenvalue weighted by Gasteiger charge is 2.32. The first kappa shape index (κ1) is 25.2. The third-order valence-corrected chi connectivity index (χ3v) is 5.65. The molecule has 0 aliphatic heterocycles. The van der Waals surface area contributed by atoms with Gasteiger partial charge in [-0.15, -0.1) is 0 Å². The smallest absolute Gasteiger partial charge is 0.357 e. The number of anilines is 1. The molecule has 180 valence electrons. The zero-order valence-corrected chi connectivity index (χ0v) is 19.3. The first-order chi connectivity index (χ1) is 16.1. The number of amides is 1. The molecule has 1 N–H and O–H groups in total. The second kappa shape index (κ2) is 10.7. The van der Waals surface area contributed by atoms with E-state index in [9.17, 15) is 22.4 Å². The summed E-state index contributed by atoms with van der Waals surface area (Å²) in [5, 5.41) is 2.71. The summed E-state index contributed by atoms with van der Waals surface area (Å²) in [6.07, 6.45) is -2.24. The number of hydrogen-bond donors (Lipinski definition) is 1. The fourth-order valence-corrected chi connectivity index (χ4v) is 3.77. The summed E-state index contributed by atoms with van der Waals surface area (Å²) in [6, 6.07) is 14.0. The normalized spacial score (nSPS) is 12.3. The zero-order valence-electron chi connectivity index (χ0n) is 19.3. The molecule has 0 aliphatic carbocycles. The van der Waals surface area contributed by atoms with E-state index in [1.807, 2.05) is 36.1 Å². The lowest BCUT2D eigenvalue weighted by Gasteiger charge is -2.33. The van der Waals surface area contributed by atoms with Crippen LogP contribution in [-0.2, 0) is 17.4 Å². The molecule has 1 amide bonds. The van der Waals surface area contributed by atoms with Gasteiger partial charge in [0.05, 0.1) is 0 Å². The maximum Gasteiger partial charge on any atom is 0.433 e. The van der Waals surface area contributed by atoms with Gasteiger partial charge in [-0.25, -0.2) is 4.39 Å². The van der Waals surface area contributed by atoms with E-state index >= 15 is 0 Å². The number of aromatic nitrogens is 1. The molecule has 0 saturated heterocycles. The third kappa shape index (κ3) is 6.12. The standard InChI is InChI=1S/C26H27F4N3O/c1-17-6-9-20(10-7-17)24(25(34)31-3)33(21-11-12-22(27)18(2)15-21)14-4-5-19-8-13-23(32-16-19)26(28,29)30/h6-13,15-16,24H,4-5,14H2,1-3H3,(H,31,34)/t24-/m1/s1. The van der Waals surface area contributed by atoms with Crippen LogP contribution in [0.4, 0.5) is 23.2 Å². The molecule has 4 nitrogen and oxygen atoms in total. The van der Waals surface area contributed by atoms with Crippen molar-refractivity contribution in [3.8, 4) is 0 Å². The van der Waals surface area contributed by atoms with Crippen molar-refractivity contribution in [1.82, 2.24) is 10.3 Å². The van der Waals surface area contributed by atoms with Crippen molar-refractivity contribution < 1.29 is 22.4 Å².